The van der Waals surface area contributed by atoms with Crippen LogP contribution in [0.1, 0.15) is 84.2 Å². The van der Waals surface area contributed by atoms with Crippen LogP contribution in [0.3, 0.4) is 0 Å². The van der Waals surface area contributed by atoms with E-state index in [0.29, 0.717) is 5.92 Å². The molecule has 3 rings (SSSR count). The number of aryl methyl sites for hydroxylation is 2. The molecule has 0 saturated heterocycles. The zero-order valence-electron chi connectivity index (χ0n) is 20.6. The maximum absolute atomic E-state index is 8.94. The molecule has 3 aromatic rings. The normalized spacial score (nSPS) is 13.6. The summed E-state index contributed by atoms with van der Waals surface area (Å²) in [6.07, 6.45) is 4.12. The topological polar surface area (TPSA) is 8.81 Å². The molecule has 0 amide bonds. The van der Waals surface area contributed by atoms with Crippen LogP contribution in [-0.4, -0.2) is 4.57 Å². The Morgan fingerprint density at radius 1 is 0.929 bits per heavy atom. The largest absolute Gasteiger partial charge is 0.294 e. The Morgan fingerprint density at radius 2 is 1.50 bits per heavy atom. The van der Waals surface area contributed by atoms with E-state index >= 15 is 0 Å². The molecule has 2 aromatic carbocycles. The van der Waals surface area contributed by atoms with Gasteiger partial charge < -0.3 is 0 Å². The number of nitrogens with zero attached hydrogens (tertiary/aromatic N) is 2. The minimum absolute atomic E-state index is 0.331. The molecule has 0 atom stereocenters. The maximum atomic E-state index is 8.94. The van der Waals surface area contributed by atoms with E-state index in [9.17, 15) is 0 Å². The van der Waals surface area contributed by atoms with E-state index in [4.69, 9.17) is 2.74 Å². The van der Waals surface area contributed by atoms with Crippen LogP contribution in [-0.2, 0) is 7.05 Å². The molecule has 2 heteroatoms. The third-order valence-corrected chi connectivity index (χ3v) is 5.50. The summed E-state index contributed by atoms with van der Waals surface area (Å²) in [5.41, 5.74) is 6.40. The van der Waals surface area contributed by atoms with Crippen molar-refractivity contribution >= 4 is 0 Å². The van der Waals surface area contributed by atoms with Gasteiger partial charge in [0.15, 0.2) is 0 Å². The Bertz CT molecular complexity index is 1030. The highest BCUT2D eigenvalue weighted by atomic mass is 15.1. The van der Waals surface area contributed by atoms with Gasteiger partial charge in [-0.3, -0.25) is 0 Å². The predicted octanol–water partition coefficient (Wildman–Crippen LogP) is 6.65. The fraction of sp³-hybridized carbons (Fsp3) is 0.423. The number of imidazole rings is 1. The lowest BCUT2D eigenvalue weighted by Crippen LogP contribution is -2.29. The van der Waals surface area contributed by atoms with Gasteiger partial charge in [0.25, 0.3) is 5.82 Å². The van der Waals surface area contributed by atoms with Crippen LogP contribution in [0, 0.1) is 6.92 Å². The quantitative estimate of drug-likeness (QED) is 0.440. The van der Waals surface area contributed by atoms with Gasteiger partial charge in [0.2, 0.25) is 0 Å². The van der Waals surface area contributed by atoms with Crippen molar-refractivity contribution in [3.8, 4) is 17.1 Å². The van der Waals surface area contributed by atoms with Crippen LogP contribution in [0.25, 0.3) is 17.1 Å². The number of rotatable bonds is 5. The van der Waals surface area contributed by atoms with Gasteiger partial charge in [0.1, 0.15) is 18.1 Å². The van der Waals surface area contributed by atoms with Gasteiger partial charge in [-0.15, -0.1) is 0 Å². The van der Waals surface area contributed by atoms with Crippen LogP contribution in [0.2, 0.25) is 0 Å². The van der Waals surface area contributed by atoms with Crippen molar-refractivity contribution < 1.29 is 7.31 Å². The lowest BCUT2D eigenvalue weighted by Gasteiger charge is -2.21. The third kappa shape index (κ3) is 3.65. The first-order chi connectivity index (χ1) is 13.8. The standard InChI is InChI=1S/C26H35N2/c1-17(2)21-15-23(18(3)4)25(24(16-21)19(5)6)28-14-13-27(8)26(28)22-12-10-9-11-20(22)7/h9-19H,1-8H3/q+1/i18D,19D. The van der Waals surface area contributed by atoms with Crippen molar-refractivity contribution in [2.45, 2.75) is 66.2 Å². The Balaban J connectivity index is 2.47. The molecular weight excluding hydrogens is 340 g/mol. The highest BCUT2D eigenvalue weighted by Crippen LogP contribution is 2.36. The van der Waals surface area contributed by atoms with E-state index in [2.05, 4.69) is 85.7 Å². The SMILES string of the molecule is [2H]C(C)(C)c1cc(C(C)C)cc(C([2H])(C)C)c1-n1cc[n+](C)c1-c1ccccc1C. The predicted molar refractivity (Wildman–Crippen MR) is 119 cm³/mol. The molecule has 0 radical (unpaired) electrons. The fourth-order valence-electron chi connectivity index (χ4n) is 3.81. The second-order valence-corrected chi connectivity index (χ2v) is 8.54. The van der Waals surface area contributed by atoms with Gasteiger partial charge in [0, 0.05) is 13.9 Å². The third-order valence-electron chi connectivity index (χ3n) is 5.50. The van der Waals surface area contributed by atoms with Gasteiger partial charge in [-0.2, -0.15) is 4.57 Å². The molecule has 0 saturated carbocycles. The van der Waals surface area contributed by atoms with E-state index < -0.39 is 11.8 Å². The first kappa shape index (κ1) is 17.7. The molecule has 0 aliphatic rings. The zero-order valence-corrected chi connectivity index (χ0v) is 18.6. The summed E-state index contributed by atoms with van der Waals surface area (Å²) in [7, 11) is 2.05. The molecule has 0 spiro atoms. The second-order valence-electron chi connectivity index (χ2n) is 8.54. The van der Waals surface area contributed by atoms with Gasteiger partial charge in [-0.25, -0.2) is 4.57 Å². The molecule has 148 valence electrons. The Morgan fingerprint density at radius 3 is 2.00 bits per heavy atom. The lowest BCUT2D eigenvalue weighted by molar-refractivity contribution is -0.659. The smallest absolute Gasteiger partial charge is 0.232 e. The fourth-order valence-corrected chi connectivity index (χ4v) is 3.81. The molecule has 0 fully saturated rings. The molecule has 2 nitrogen and oxygen atoms in total. The van der Waals surface area contributed by atoms with E-state index in [-0.39, 0.29) is 0 Å². The molecule has 0 aliphatic heterocycles. The summed E-state index contributed by atoms with van der Waals surface area (Å²) in [6.45, 7) is 14.2. The monoisotopic (exact) mass is 377 g/mol. The highest BCUT2D eigenvalue weighted by molar-refractivity contribution is 5.63. The van der Waals surface area contributed by atoms with Crippen LogP contribution in [0.4, 0.5) is 0 Å². The molecule has 0 aliphatic carbocycles. The first-order valence-corrected chi connectivity index (χ1v) is 10.1. The number of benzene rings is 2. The zero-order chi connectivity index (χ0) is 22.4. The lowest BCUT2D eigenvalue weighted by atomic mass is 9.87. The summed E-state index contributed by atoms with van der Waals surface area (Å²) in [6, 6.07) is 12.7. The van der Waals surface area contributed by atoms with Gasteiger partial charge in [-0.1, -0.05) is 71.9 Å². The highest BCUT2D eigenvalue weighted by Gasteiger charge is 2.27. The minimum atomic E-state index is -0.800. The summed E-state index contributed by atoms with van der Waals surface area (Å²) in [5.74, 6) is -0.211. The van der Waals surface area contributed by atoms with Crippen molar-refractivity contribution in [1.82, 2.24) is 4.57 Å². The van der Waals surface area contributed by atoms with Crippen LogP contribution < -0.4 is 4.57 Å². The summed E-state index contributed by atoms with van der Waals surface area (Å²) in [5, 5.41) is 0. The van der Waals surface area contributed by atoms with Gasteiger partial charge >= 0.3 is 0 Å². The van der Waals surface area contributed by atoms with E-state index in [1.807, 2.05) is 27.7 Å². The average Bonchev–Trinajstić information content (AvgIpc) is 3.00. The van der Waals surface area contributed by atoms with Crippen LogP contribution in [0.15, 0.2) is 48.8 Å². The Hall–Kier alpha value is -2.35. The summed E-state index contributed by atoms with van der Waals surface area (Å²) in [4.78, 5) is 0. The maximum Gasteiger partial charge on any atom is 0.294 e. The first-order valence-electron chi connectivity index (χ1n) is 11.1. The van der Waals surface area contributed by atoms with Crippen LogP contribution >= 0.6 is 0 Å². The van der Waals surface area contributed by atoms with Crippen molar-refractivity contribution in [2.75, 3.05) is 0 Å². The molecule has 1 aromatic heterocycles. The molecular formula is C26H35N2+. The molecule has 28 heavy (non-hydrogen) atoms. The van der Waals surface area contributed by atoms with Crippen molar-refractivity contribution in [3.63, 3.8) is 0 Å². The van der Waals surface area contributed by atoms with E-state index in [0.717, 1.165) is 28.2 Å². The van der Waals surface area contributed by atoms with E-state index in [1.165, 1.54) is 11.1 Å². The van der Waals surface area contributed by atoms with Crippen molar-refractivity contribution in [1.29, 1.82) is 0 Å². The van der Waals surface area contributed by atoms with Crippen LogP contribution in [0.5, 0.6) is 0 Å². The van der Waals surface area contributed by atoms with E-state index in [1.54, 1.807) is 0 Å². The van der Waals surface area contributed by atoms with Crippen molar-refractivity contribution in [2.24, 2.45) is 7.05 Å². The summed E-state index contributed by atoms with van der Waals surface area (Å²) >= 11 is 0. The summed E-state index contributed by atoms with van der Waals surface area (Å²) < 4.78 is 22.2. The molecule has 0 N–H and O–H groups in total. The minimum Gasteiger partial charge on any atom is -0.232 e. The van der Waals surface area contributed by atoms with Gasteiger partial charge in [-0.05, 0) is 41.8 Å². The number of aromatic nitrogens is 2. The number of hydrogen-bond donors (Lipinski definition) is 0. The molecule has 1 heterocycles. The Kier molecular flexibility index (Phi) is 5.03. The van der Waals surface area contributed by atoms with Crippen molar-refractivity contribution in [3.05, 3.63) is 71.0 Å². The molecule has 0 bridgehead atoms. The molecule has 0 unspecified atom stereocenters. The number of hydrogen-bond acceptors (Lipinski definition) is 0. The van der Waals surface area contributed by atoms with Gasteiger partial charge in [0.05, 0.1) is 12.6 Å². The average molecular weight is 378 g/mol. The Labute approximate surface area is 173 Å². The second kappa shape index (κ2) is 7.95.